The van der Waals surface area contributed by atoms with Crippen LogP contribution in [0.3, 0.4) is 0 Å². The first-order chi connectivity index (χ1) is 5.72. The zero-order valence-electron chi connectivity index (χ0n) is 7.98. The van der Waals surface area contributed by atoms with Crippen molar-refractivity contribution in [2.24, 2.45) is 11.7 Å². The molecule has 0 fully saturated rings. The highest BCUT2D eigenvalue weighted by Crippen LogP contribution is 2.04. The molecular formula is C7H15NO4S. The number of carbonyl (C=O) groups is 1. The van der Waals surface area contributed by atoms with Crippen molar-refractivity contribution in [1.29, 1.82) is 0 Å². The zero-order valence-corrected chi connectivity index (χ0v) is 8.80. The van der Waals surface area contributed by atoms with Crippen LogP contribution in [0, 0.1) is 5.92 Å². The fourth-order valence-electron chi connectivity index (χ4n) is 0.815. The first kappa shape index (κ1) is 12.4. The minimum atomic E-state index is -3.73. The van der Waals surface area contributed by atoms with Gasteiger partial charge in [-0.3, -0.25) is 0 Å². The molecule has 2 N–H and O–H groups in total. The summed E-state index contributed by atoms with van der Waals surface area (Å²) >= 11 is 0. The molecule has 13 heavy (non-hydrogen) atoms. The number of carbonyl (C=O) groups excluding carboxylic acids is 1. The summed E-state index contributed by atoms with van der Waals surface area (Å²) in [5, 5.41) is 0. The predicted octanol–water partition coefficient (Wildman–Crippen LogP) is -0.137. The molecule has 0 unspecified atom stereocenters. The Balaban J connectivity index is 4.13. The zero-order chi connectivity index (χ0) is 10.6. The molecule has 0 aliphatic heterocycles. The molecule has 0 aromatic rings. The van der Waals surface area contributed by atoms with Crippen LogP contribution >= 0.6 is 0 Å². The lowest BCUT2D eigenvalue weighted by atomic mass is 10.1. The third kappa shape index (κ3) is 6.53. The normalized spacial score (nSPS) is 14.2. The van der Waals surface area contributed by atoms with Gasteiger partial charge in [-0.25, -0.2) is 4.79 Å². The van der Waals surface area contributed by atoms with Gasteiger partial charge in [-0.15, -0.1) is 0 Å². The average molecular weight is 209 g/mol. The molecule has 0 spiro atoms. The van der Waals surface area contributed by atoms with Crippen molar-refractivity contribution in [1.82, 2.24) is 0 Å². The van der Waals surface area contributed by atoms with Crippen LogP contribution in [0.5, 0.6) is 0 Å². The van der Waals surface area contributed by atoms with Crippen LogP contribution in [0.25, 0.3) is 0 Å². The second-order valence-corrected chi connectivity index (χ2v) is 4.92. The second-order valence-electron chi connectivity index (χ2n) is 3.34. The van der Waals surface area contributed by atoms with Gasteiger partial charge in [0.2, 0.25) is 0 Å². The monoisotopic (exact) mass is 209 g/mol. The first-order valence-electron chi connectivity index (χ1n) is 3.91. The van der Waals surface area contributed by atoms with E-state index in [1.54, 1.807) is 0 Å². The molecule has 1 atom stereocenters. The van der Waals surface area contributed by atoms with Crippen LogP contribution < -0.4 is 5.73 Å². The van der Waals surface area contributed by atoms with E-state index in [0.717, 1.165) is 6.26 Å². The van der Waals surface area contributed by atoms with Gasteiger partial charge in [0, 0.05) is 0 Å². The maximum Gasteiger partial charge on any atom is 0.338 e. The van der Waals surface area contributed by atoms with E-state index in [1.165, 1.54) is 0 Å². The Hall–Kier alpha value is -0.620. The van der Waals surface area contributed by atoms with Gasteiger partial charge < -0.3 is 9.92 Å². The fraction of sp³-hybridized carbons (Fsp3) is 0.857. The average Bonchev–Trinajstić information content (AvgIpc) is 1.81. The van der Waals surface area contributed by atoms with E-state index in [1.807, 2.05) is 13.8 Å². The summed E-state index contributed by atoms with van der Waals surface area (Å²) in [4.78, 5) is 11.0. The van der Waals surface area contributed by atoms with E-state index >= 15 is 0 Å². The van der Waals surface area contributed by atoms with Gasteiger partial charge in [-0.2, -0.15) is 8.42 Å². The third-order valence-corrected chi connectivity index (χ3v) is 1.73. The maximum absolute atomic E-state index is 11.0. The molecule has 0 amide bonds. The first-order valence-corrected chi connectivity index (χ1v) is 5.73. The molecule has 0 aliphatic rings. The highest BCUT2D eigenvalue weighted by molar-refractivity contribution is 7.86. The van der Waals surface area contributed by atoms with E-state index in [9.17, 15) is 13.2 Å². The molecule has 0 saturated carbocycles. The summed E-state index contributed by atoms with van der Waals surface area (Å²) in [5.41, 5.74) is 5.39. The van der Waals surface area contributed by atoms with Crippen LogP contribution in [0.4, 0.5) is 0 Å². The standard InChI is InChI=1S/C7H15NO4S/c1-5(2)4-6(8)7(9)12-13(3,10)11/h5-6H,4,8H2,1-3H3/t6-/m0/s1. The van der Waals surface area contributed by atoms with Gasteiger partial charge in [0.25, 0.3) is 0 Å². The van der Waals surface area contributed by atoms with E-state index in [-0.39, 0.29) is 5.92 Å². The Labute approximate surface area is 78.4 Å². The summed E-state index contributed by atoms with van der Waals surface area (Å²) in [6.07, 6.45) is 1.22. The summed E-state index contributed by atoms with van der Waals surface area (Å²) in [7, 11) is -3.73. The second kappa shape index (κ2) is 4.57. The van der Waals surface area contributed by atoms with Crippen LogP contribution in [0.1, 0.15) is 20.3 Å². The number of nitrogens with two attached hydrogens (primary N) is 1. The summed E-state index contributed by atoms with van der Waals surface area (Å²) < 4.78 is 25.2. The predicted molar refractivity (Wildman–Crippen MR) is 48.4 cm³/mol. The number of hydrogen-bond acceptors (Lipinski definition) is 5. The topological polar surface area (TPSA) is 86.5 Å². The highest BCUT2D eigenvalue weighted by Gasteiger charge is 2.20. The lowest BCUT2D eigenvalue weighted by Crippen LogP contribution is -2.34. The molecule has 0 radical (unpaired) electrons. The Morgan fingerprint density at radius 2 is 1.92 bits per heavy atom. The quantitative estimate of drug-likeness (QED) is 0.651. The smallest absolute Gasteiger partial charge is 0.338 e. The van der Waals surface area contributed by atoms with E-state index in [0.29, 0.717) is 6.42 Å². The van der Waals surface area contributed by atoms with Gasteiger partial charge in [0.1, 0.15) is 6.04 Å². The maximum atomic E-state index is 11.0. The molecule has 0 saturated heterocycles. The minimum Gasteiger partial charge on any atom is -0.344 e. The SMILES string of the molecule is CC(C)C[C@H](N)C(=O)OS(C)(=O)=O. The third-order valence-electron chi connectivity index (χ3n) is 1.26. The largest absolute Gasteiger partial charge is 0.344 e. The van der Waals surface area contributed by atoms with Crippen LogP contribution in [-0.2, 0) is 19.1 Å². The molecule has 0 aromatic heterocycles. The molecule has 5 nitrogen and oxygen atoms in total. The Morgan fingerprint density at radius 1 is 1.46 bits per heavy atom. The fourth-order valence-corrected chi connectivity index (χ4v) is 1.24. The van der Waals surface area contributed by atoms with Gasteiger partial charge in [0.05, 0.1) is 6.26 Å². The molecule has 0 rings (SSSR count). The minimum absolute atomic E-state index is 0.224. The molecule has 6 heteroatoms. The van der Waals surface area contributed by atoms with Crippen LogP contribution in [-0.4, -0.2) is 26.7 Å². The van der Waals surface area contributed by atoms with Crippen molar-refractivity contribution in [3.63, 3.8) is 0 Å². The van der Waals surface area contributed by atoms with Crippen LogP contribution in [0.15, 0.2) is 0 Å². The van der Waals surface area contributed by atoms with Gasteiger partial charge >= 0.3 is 16.1 Å². The Bertz CT molecular complexity index is 270. The van der Waals surface area contributed by atoms with Crippen molar-refractivity contribution in [3.05, 3.63) is 0 Å². The molecule has 0 aliphatic carbocycles. The lowest BCUT2D eigenvalue weighted by molar-refractivity contribution is -0.135. The van der Waals surface area contributed by atoms with Crippen molar-refractivity contribution >= 4 is 16.1 Å². The van der Waals surface area contributed by atoms with Crippen molar-refractivity contribution in [2.45, 2.75) is 26.3 Å². The van der Waals surface area contributed by atoms with Gasteiger partial charge in [-0.1, -0.05) is 13.8 Å². The van der Waals surface area contributed by atoms with Crippen LogP contribution in [0.2, 0.25) is 0 Å². The van der Waals surface area contributed by atoms with Gasteiger partial charge in [-0.05, 0) is 12.3 Å². The van der Waals surface area contributed by atoms with Crippen molar-refractivity contribution < 1.29 is 17.4 Å². The molecule has 0 aromatic carbocycles. The molecule has 78 valence electrons. The van der Waals surface area contributed by atoms with Crippen molar-refractivity contribution in [3.8, 4) is 0 Å². The van der Waals surface area contributed by atoms with Crippen molar-refractivity contribution in [2.75, 3.05) is 6.26 Å². The lowest BCUT2D eigenvalue weighted by Gasteiger charge is -2.11. The van der Waals surface area contributed by atoms with E-state index in [2.05, 4.69) is 4.18 Å². The van der Waals surface area contributed by atoms with E-state index < -0.39 is 22.1 Å². The summed E-state index contributed by atoms with van der Waals surface area (Å²) in [6.45, 7) is 3.77. The Kier molecular flexibility index (Phi) is 4.35. The number of rotatable bonds is 4. The number of hydrogen-bond donors (Lipinski definition) is 1. The van der Waals surface area contributed by atoms with E-state index in [4.69, 9.17) is 5.73 Å². The molecule has 0 bridgehead atoms. The summed E-state index contributed by atoms with van der Waals surface area (Å²) in [6, 6.07) is -0.866. The summed E-state index contributed by atoms with van der Waals surface area (Å²) in [5.74, 6) is -0.668. The highest BCUT2D eigenvalue weighted by atomic mass is 32.2. The molecular weight excluding hydrogens is 194 g/mol. The Morgan fingerprint density at radius 3 is 2.23 bits per heavy atom. The van der Waals surface area contributed by atoms with Gasteiger partial charge in [0.15, 0.2) is 0 Å². The molecule has 0 heterocycles.